The molecule has 1 unspecified atom stereocenters. The van der Waals surface area contributed by atoms with Crippen LogP contribution in [-0.4, -0.2) is 38.0 Å². The van der Waals surface area contributed by atoms with Crippen molar-refractivity contribution in [1.29, 1.82) is 0 Å². The molecule has 8 heteroatoms. The summed E-state index contributed by atoms with van der Waals surface area (Å²) in [5.41, 5.74) is 1.69. The van der Waals surface area contributed by atoms with Crippen LogP contribution < -0.4 is 10.2 Å². The Morgan fingerprint density at radius 3 is 2.48 bits per heavy atom. The Labute approximate surface area is 156 Å². The van der Waals surface area contributed by atoms with Gasteiger partial charge in [0, 0.05) is 31.9 Å². The monoisotopic (exact) mass is 371 g/mol. The van der Waals surface area contributed by atoms with Gasteiger partial charge in [0.05, 0.1) is 29.2 Å². The number of rotatable bonds is 6. The molecule has 0 fully saturated rings. The van der Waals surface area contributed by atoms with Crippen LogP contribution in [0.3, 0.4) is 0 Å². The number of carbonyl (C=O) groups is 2. The predicted octanol–water partition coefficient (Wildman–Crippen LogP) is 2.94. The van der Waals surface area contributed by atoms with E-state index >= 15 is 0 Å². The number of esters is 1. The van der Waals surface area contributed by atoms with Gasteiger partial charge < -0.3 is 15.0 Å². The fourth-order valence-electron chi connectivity index (χ4n) is 2.62. The second-order valence-electron chi connectivity index (χ2n) is 6.17. The first-order valence-electron chi connectivity index (χ1n) is 8.19. The molecule has 1 amide bonds. The van der Waals surface area contributed by atoms with Crippen LogP contribution in [0.15, 0.2) is 42.5 Å². The first-order chi connectivity index (χ1) is 12.7. The van der Waals surface area contributed by atoms with E-state index in [0.717, 1.165) is 0 Å². The van der Waals surface area contributed by atoms with Gasteiger partial charge in [0.25, 0.3) is 11.6 Å². The molecule has 0 heterocycles. The van der Waals surface area contributed by atoms with E-state index in [4.69, 9.17) is 4.74 Å². The Bertz CT molecular complexity index is 879. The molecule has 2 aromatic rings. The zero-order chi connectivity index (χ0) is 20.1. The van der Waals surface area contributed by atoms with Crippen molar-refractivity contribution >= 4 is 23.3 Å². The molecule has 0 saturated heterocycles. The van der Waals surface area contributed by atoms with Gasteiger partial charge in [0.15, 0.2) is 0 Å². The number of hydrogen-bond acceptors (Lipinski definition) is 6. The summed E-state index contributed by atoms with van der Waals surface area (Å²) in [6.07, 6.45) is 0. The molecule has 0 spiro atoms. The number of nitro benzene ring substituents is 1. The maximum Gasteiger partial charge on any atom is 0.337 e. The van der Waals surface area contributed by atoms with Crippen molar-refractivity contribution in [1.82, 2.24) is 5.32 Å². The van der Waals surface area contributed by atoms with Gasteiger partial charge in [-0.05, 0) is 30.7 Å². The zero-order valence-electron chi connectivity index (χ0n) is 15.6. The molecule has 1 N–H and O–H groups in total. The molecule has 0 aliphatic rings. The standard InChI is InChI=1S/C19H21N3O5/c1-12(13-6-5-7-14(10-13)19(24)27-4)20-18(23)16-11-15(22(25)26)8-9-17(16)21(2)3/h5-12H,1-4H3,(H,20,23). The van der Waals surface area contributed by atoms with Crippen LogP contribution in [0.1, 0.15) is 39.2 Å². The molecule has 27 heavy (non-hydrogen) atoms. The summed E-state index contributed by atoms with van der Waals surface area (Å²) in [5.74, 6) is -0.915. The third-order valence-electron chi connectivity index (χ3n) is 4.07. The van der Waals surface area contributed by atoms with Gasteiger partial charge in [-0.15, -0.1) is 0 Å². The number of carbonyl (C=O) groups excluding carboxylic acids is 2. The maximum atomic E-state index is 12.8. The third-order valence-corrected chi connectivity index (χ3v) is 4.07. The average molecular weight is 371 g/mol. The summed E-state index contributed by atoms with van der Waals surface area (Å²) in [5, 5.41) is 13.9. The molecule has 0 radical (unpaired) electrons. The summed E-state index contributed by atoms with van der Waals surface area (Å²) in [6, 6.07) is 10.5. The molecule has 1 atom stereocenters. The van der Waals surface area contributed by atoms with Crippen molar-refractivity contribution in [3.05, 3.63) is 69.3 Å². The summed E-state index contributed by atoms with van der Waals surface area (Å²) < 4.78 is 4.70. The van der Waals surface area contributed by atoms with Crippen LogP contribution in [0.5, 0.6) is 0 Å². The Morgan fingerprint density at radius 2 is 1.89 bits per heavy atom. The zero-order valence-corrected chi connectivity index (χ0v) is 15.6. The van der Waals surface area contributed by atoms with Crippen LogP contribution in [0, 0.1) is 10.1 Å². The molecule has 0 aliphatic carbocycles. The first kappa shape index (κ1) is 19.9. The minimum absolute atomic E-state index is 0.161. The number of ether oxygens (including phenoxy) is 1. The number of nitrogens with zero attached hydrogens (tertiary/aromatic N) is 2. The van der Waals surface area contributed by atoms with Crippen LogP contribution in [0.4, 0.5) is 11.4 Å². The highest BCUT2D eigenvalue weighted by atomic mass is 16.6. The number of non-ortho nitro benzene ring substituents is 1. The fraction of sp³-hybridized carbons (Fsp3) is 0.263. The van der Waals surface area contributed by atoms with E-state index < -0.39 is 22.8 Å². The molecular formula is C19H21N3O5. The molecule has 142 valence electrons. The van der Waals surface area contributed by atoms with E-state index in [0.29, 0.717) is 16.8 Å². The Hall–Kier alpha value is -3.42. The number of hydrogen-bond donors (Lipinski definition) is 1. The quantitative estimate of drug-likeness (QED) is 0.476. The summed E-state index contributed by atoms with van der Waals surface area (Å²) in [4.78, 5) is 36.6. The predicted molar refractivity (Wildman–Crippen MR) is 101 cm³/mol. The molecule has 0 aromatic heterocycles. The molecule has 2 rings (SSSR count). The molecule has 0 saturated carbocycles. The van der Waals surface area contributed by atoms with E-state index in [-0.39, 0.29) is 11.3 Å². The Morgan fingerprint density at radius 1 is 1.19 bits per heavy atom. The first-order valence-corrected chi connectivity index (χ1v) is 8.19. The second-order valence-corrected chi connectivity index (χ2v) is 6.17. The molecule has 8 nitrogen and oxygen atoms in total. The summed E-state index contributed by atoms with van der Waals surface area (Å²) >= 11 is 0. The van der Waals surface area contributed by atoms with E-state index in [1.54, 1.807) is 50.2 Å². The van der Waals surface area contributed by atoms with Crippen molar-refractivity contribution in [2.24, 2.45) is 0 Å². The van der Waals surface area contributed by atoms with Crippen LogP contribution in [0.2, 0.25) is 0 Å². The number of benzene rings is 2. The second kappa shape index (κ2) is 8.31. The minimum Gasteiger partial charge on any atom is -0.465 e. The SMILES string of the molecule is COC(=O)c1cccc(C(C)NC(=O)c2cc([N+](=O)[O-])ccc2N(C)C)c1. The van der Waals surface area contributed by atoms with Gasteiger partial charge in [-0.1, -0.05) is 12.1 Å². The van der Waals surface area contributed by atoms with Crippen molar-refractivity contribution in [2.75, 3.05) is 26.1 Å². The lowest BCUT2D eigenvalue weighted by atomic mass is 10.0. The number of nitro groups is 1. The van der Waals surface area contributed by atoms with Gasteiger partial charge >= 0.3 is 5.97 Å². The van der Waals surface area contributed by atoms with E-state index in [2.05, 4.69) is 5.32 Å². The van der Waals surface area contributed by atoms with Gasteiger partial charge in [0.2, 0.25) is 0 Å². The fourth-order valence-corrected chi connectivity index (χ4v) is 2.62. The van der Waals surface area contributed by atoms with Crippen molar-refractivity contribution in [3.8, 4) is 0 Å². The minimum atomic E-state index is -0.542. The summed E-state index contributed by atoms with van der Waals surface area (Å²) in [6.45, 7) is 1.76. The highest BCUT2D eigenvalue weighted by Gasteiger charge is 2.20. The molecule has 0 aliphatic heterocycles. The van der Waals surface area contributed by atoms with Gasteiger partial charge in [0.1, 0.15) is 0 Å². The average Bonchev–Trinajstić information content (AvgIpc) is 2.66. The number of methoxy groups -OCH3 is 1. The lowest BCUT2D eigenvalue weighted by Crippen LogP contribution is -2.28. The topological polar surface area (TPSA) is 102 Å². The van der Waals surface area contributed by atoms with Gasteiger partial charge in [-0.3, -0.25) is 14.9 Å². The van der Waals surface area contributed by atoms with Crippen molar-refractivity contribution < 1.29 is 19.2 Å². The van der Waals surface area contributed by atoms with Gasteiger partial charge in [-0.2, -0.15) is 0 Å². The Balaban J connectivity index is 2.30. The number of amides is 1. The lowest BCUT2D eigenvalue weighted by Gasteiger charge is -2.19. The van der Waals surface area contributed by atoms with Gasteiger partial charge in [-0.25, -0.2) is 4.79 Å². The third kappa shape index (κ3) is 4.60. The summed E-state index contributed by atoms with van der Waals surface area (Å²) in [7, 11) is 4.80. The lowest BCUT2D eigenvalue weighted by molar-refractivity contribution is -0.384. The molecular weight excluding hydrogens is 350 g/mol. The smallest absolute Gasteiger partial charge is 0.337 e. The number of anilines is 1. The van der Waals surface area contributed by atoms with Crippen LogP contribution in [0.25, 0.3) is 0 Å². The highest BCUT2D eigenvalue weighted by Crippen LogP contribution is 2.25. The van der Waals surface area contributed by atoms with E-state index in [1.807, 2.05) is 0 Å². The van der Waals surface area contributed by atoms with Crippen molar-refractivity contribution in [2.45, 2.75) is 13.0 Å². The molecule has 2 aromatic carbocycles. The molecule has 0 bridgehead atoms. The largest absolute Gasteiger partial charge is 0.465 e. The maximum absolute atomic E-state index is 12.8. The Kier molecular flexibility index (Phi) is 6.12. The normalized spacial score (nSPS) is 11.4. The highest BCUT2D eigenvalue weighted by molar-refractivity contribution is 6.00. The van der Waals surface area contributed by atoms with Crippen LogP contribution >= 0.6 is 0 Å². The van der Waals surface area contributed by atoms with E-state index in [9.17, 15) is 19.7 Å². The number of nitrogens with one attached hydrogen (secondary N) is 1. The van der Waals surface area contributed by atoms with Crippen LogP contribution in [-0.2, 0) is 4.74 Å². The van der Waals surface area contributed by atoms with E-state index in [1.165, 1.54) is 25.3 Å². The van der Waals surface area contributed by atoms with Crippen molar-refractivity contribution in [3.63, 3.8) is 0 Å².